The number of sulfonamides is 1. The maximum Gasteiger partial charge on any atom is 0.264 e. The fourth-order valence-corrected chi connectivity index (χ4v) is 4.35. The monoisotopic (exact) mass is 432 g/mol. The molecular formula is C23H32N2O4S. The van der Waals surface area contributed by atoms with Crippen LogP contribution in [0.15, 0.2) is 53.4 Å². The molecule has 7 heteroatoms. The highest BCUT2D eigenvalue weighted by Crippen LogP contribution is 2.24. The smallest absolute Gasteiger partial charge is 0.264 e. The standard InChI is InChI=1S/C23H32N2O4S/c1-5-7-8-18(6-2)17-24-23(26)19-9-11-20(12-10-19)25(3)30(27,28)22-15-13-21(29-4)14-16-22/h9-16,18H,5-8,17H2,1-4H3,(H,24,26)/t18-/m0/s1. The van der Waals surface area contributed by atoms with Crippen molar-refractivity contribution in [2.24, 2.45) is 5.92 Å². The molecule has 164 valence electrons. The first-order valence-corrected chi connectivity index (χ1v) is 11.8. The molecule has 1 amide bonds. The molecule has 0 saturated heterocycles. The van der Waals surface area contributed by atoms with Crippen molar-refractivity contribution in [3.05, 3.63) is 54.1 Å². The average Bonchev–Trinajstić information content (AvgIpc) is 2.78. The van der Waals surface area contributed by atoms with Crippen LogP contribution in [0.2, 0.25) is 0 Å². The van der Waals surface area contributed by atoms with Crippen molar-refractivity contribution >= 4 is 21.6 Å². The lowest BCUT2D eigenvalue weighted by molar-refractivity contribution is 0.0946. The van der Waals surface area contributed by atoms with Crippen LogP contribution < -0.4 is 14.4 Å². The van der Waals surface area contributed by atoms with Crippen LogP contribution in [0.3, 0.4) is 0 Å². The van der Waals surface area contributed by atoms with Crippen molar-refractivity contribution in [1.29, 1.82) is 0 Å². The van der Waals surface area contributed by atoms with Gasteiger partial charge in [-0.25, -0.2) is 8.42 Å². The van der Waals surface area contributed by atoms with Crippen LogP contribution in [0.5, 0.6) is 5.75 Å². The Morgan fingerprint density at radius 1 is 1.07 bits per heavy atom. The van der Waals surface area contributed by atoms with Crippen LogP contribution in [0, 0.1) is 5.92 Å². The van der Waals surface area contributed by atoms with Crippen LogP contribution >= 0.6 is 0 Å². The topological polar surface area (TPSA) is 75.7 Å². The Morgan fingerprint density at radius 3 is 2.23 bits per heavy atom. The molecule has 0 radical (unpaired) electrons. The van der Waals surface area contributed by atoms with E-state index in [-0.39, 0.29) is 10.8 Å². The second-order valence-electron chi connectivity index (χ2n) is 7.32. The summed E-state index contributed by atoms with van der Waals surface area (Å²) >= 11 is 0. The van der Waals surface area contributed by atoms with Crippen LogP contribution in [0.1, 0.15) is 49.9 Å². The van der Waals surface area contributed by atoms with Crippen molar-refractivity contribution < 1.29 is 17.9 Å². The Hall–Kier alpha value is -2.54. The van der Waals surface area contributed by atoms with Gasteiger partial charge in [0.15, 0.2) is 0 Å². The maximum atomic E-state index is 12.9. The van der Waals surface area contributed by atoms with E-state index in [1.54, 1.807) is 36.4 Å². The van der Waals surface area contributed by atoms with Crippen LogP contribution in [0.4, 0.5) is 5.69 Å². The minimum absolute atomic E-state index is 0.142. The third-order valence-corrected chi connectivity index (χ3v) is 7.11. The van der Waals surface area contributed by atoms with Crippen molar-refractivity contribution in [3.8, 4) is 5.75 Å². The van der Waals surface area contributed by atoms with Gasteiger partial charge in [0, 0.05) is 19.2 Å². The first-order chi connectivity index (χ1) is 14.3. The van der Waals surface area contributed by atoms with Crippen LogP contribution in [-0.2, 0) is 10.0 Å². The van der Waals surface area contributed by atoms with E-state index in [1.807, 2.05) is 0 Å². The highest BCUT2D eigenvalue weighted by molar-refractivity contribution is 7.92. The number of nitrogens with zero attached hydrogens (tertiary/aromatic N) is 1. The predicted octanol–water partition coefficient (Wildman–Crippen LogP) is 4.47. The van der Waals surface area contributed by atoms with Gasteiger partial charge in [-0.15, -0.1) is 0 Å². The van der Waals surface area contributed by atoms with E-state index in [0.29, 0.717) is 29.5 Å². The normalized spacial score (nSPS) is 12.3. The maximum absolute atomic E-state index is 12.9. The summed E-state index contributed by atoms with van der Waals surface area (Å²) in [6.07, 6.45) is 4.46. The van der Waals surface area contributed by atoms with Gasteiger partial charge in [0.1, 0.15) is 5.75 Å². The predicted molar refractivity (Wildman–Crippen MR) is 121 cm³/mol. The van der Waals surface area contributed by atoms with Crippen molar-refractivity contribution in [1.82, 2.24) is 5.32 Å². The fourth-order valence-electron chi connectivity index (χ4n) is 3.15. The Balaban J connectivity index is 2.05. The number of rotatable bonds is 11. The van der Waals surface area contributed by atoms with E-state index in [1.165, 1.54) is 30.6 Å². The zero-order chi connectivity index (χ0) is 22.1. The zero-order valence-electron chi connectivity index (χ0n) is 18.2. The molecule has 2 aromatic carbocycles. The summed E-state index contributed by atoms with van der Waals surface area (Å²) in [6, 6.07) is 12.8. The Morgan fingerprint density at radius 2 is 1.70 bits per heavy atom. The molecule has 0 aliphatic heterocycles. The lowest BCUT2D eigenvalue weighted by atomic mass is 9.99. The minimum atomic E-state index is -3.71. The largest absolute Gasteiger partial charge is 0.497 e. The van der Waals surface area contributed by atoms with Gasteiger partial charge in [-0.2, -0.15) is 0 Å². The number of benzene rings is 2. The summed E-state index contributed by atoms with van der Waals surface area (Å²) < 4.78 is 32.0. The van der Waals surface area contributed by atoms with Gasteiger partial charge in [-0.1, -0.05) is 33.1 Å². The number of unbranched alkanes of at least 4 members (excludes halogenated alkanes) is 1. The third kappa shape index (κ3) is 5.98. The van der Waals surface area contributed by atoms with E-state index < -0.39 is 10.0 Å². The number of hydrogen-bond acceptors (Lipinski definition) is 4. The summed E-state index contributed by atoms with van der Waals surface area (Å²) in [6.45, 7) is 4.96. The van der Waals surface area contributed by atoms with Gasteiger partial charge >= 0.3 is 0 Å². The molecule has 0 unspecified atom stereocenters. The van der Waals surface area contributed by atoms with Crippen molar-refractivity contribution in [2.75, 3.05) is 25.0 Å². The summed E-state index contributed by atoms with van der Waals surface area (Å²) in [7, 11) is -0.684. The number of anilines is 1. The molecule has 1 atom stereocenters. The molecule has 2 aromatic rings. The molecular weight excluding hydrogens is 400 g/mol. The molecule has 0 fully saturated rings. The first-order valence-electron chi connectivity index (χ1n) is 10.3. The molecule has 1 N–H and O–H groups in total. The van der Waals surface area contributed by atoms with Gasteiger partial charge in [0.05, 0.1) is 17.7 Å². The highest BCUT2D eigenvalue weighted by Gasteiger charge is 2.21. The number of amides is 1. The average molecular weight is 433 g/mol. The minimum Gasteiger partial charge on any atom is -0.497 e. The second kappa shape index (κ2) is 11.0. The summed E-state index contributed by atoms with van der Waals surface area (Å²) in [5, 5.41) is 2.99. The highest BCUT2D eigenvalue weighted by atomic mass is 32.2. The molecule has 0 saturated carbocycles. The van der Waals surface area contributed by atoms with Gasteiger partial charge in [0.25, 0.3) is 15.9 Å². The molecule has 0 heterocycles. The van der Waals surface area contributed by atoms with Crippen LogP contribution in [0.25, 0.3) is 0 Å². The summed E-state index contributed by atoms with van der Waals surface area (Å²) in [4.78, 5) is 12.6. The molecule has 0 aliphatic rings. The fraction of sp³-hybridized carbons (Fsp3) is 0.435. The van der Waals surface area contributed by atoms with E-state index in [0.717, 1.165) is 25.7 Å². The van der Waals surface area contributed by atoms with Gasteiger partial charge in [0.2, 0.25) is 0 Å². The Kier molecular flexibility index (Phi) is 8.72. The van der Waals surface area contributed by atoms with Crippen molar-refractivity contribution in [3.63, 3.8) is 0 Å². The number of methoxy groups -OCH3 is 1. The number of nitrogens with one attached hydrogen (secondary N) is 1. The van der Waals surface area contributed by atoms with E-state index in [2.05, 4.69) is 19.2 Å². The second-order valence-corrected chi connectivity index (χ2v) is 9.29. The molecule has 6 nitrogen and oxygen atoms in total. The molecule has 0 aromatic heterocycles. The Labute approximate surface area is 180 Å². The molecule has 2 rings (SSSR count). The molecule has 0 bridgehead atoms. The van der Waals surface area contributed by atoms with E-state index >= 15 is 0 Å². The number of carbonyl (C=O) groups excluding carboxylic acids is 1. The van der Waals surface area contributed by atoms with E-state index in [9.17, 15) is 13.2 Å². The molecule has 30 heavy (non-hydrogen) atoms. The molecule has 0 aliphatic carbocycles. The van der Waals surface area contributed by atoms with Crippen LogP contribution in [-0.4, -0.2) is 35.0 Å². The van der Waals surface area contributed by atoms with Gasteiger partial charge in [-0.3, -0.25) is 9.10 Å². The third-order valence-electron chi connectivity index (χ3n) is 5.31. The van der Waals surface area contributed by atoms with Crippen molar-refractivity contribution in [2.45, 2.75) is 44.4 Å². The van der Waals surface area contributed by atoms with Gasteiger partial charge in [-0.05, 0) is 60.9 Å². The lowest BCUT2D eigenvalue weighted by Crippen LogP contribution is -2.29. The van der Waals surface area contributed by atoms with E-state index in [4.69, 9.17) is 4.74 Å². The van der Waals surface area contributed by atoms with Gasteiger partial charge < -0.3 is 10.1 Å². The SMILES string of the molecule is CCCC[C@H](CC)CNC(=O)c1ccc(N(C)S(=O)(=O)c2ccc(OC)cc2)cc1. The number of ether oxygens (including phenoxy) is 1. The Bertz CT molecular complexity index is 909. The zero-order valence-corrected chi connectivity index (χ0v) is 19.0. The lowest BCUT2D eigenvalue weighted by Gasteiger charge is -2.20. The first kappa shape index (κ1) is 23.7. The summed E-state index contributed by atoms with van der Waals surface area (Å²) in [5.41, 5.74) is 0.996. The number of carbonyl (C=O) groups is 1. The quantitative estimate of drug-likeness (QED) is 0.569. The summed E-state index contributed by atoms with van der Waals surface area (Å²) in [5.74, 6) is 0.929. The number of hydrogen-bond donors (Lipinski definition) is 1. The molecule has 0 spiro atoms.